The normalized spacial score (nSPS) is 19.9. The topological polar surface area (TPSA) is 9.23 Å². The van der Waals surface area contributed by atoms with Crippen LogP contribution in [0.2, 0.25) is 0 Å². The Hall–Kier alpha value is -0.530. The summed E-state index contributed by atoms with van der Waals surface area (Å²) in [4.78, 5) is 0. The van der Waals surface area contributed by atoms with Crippen molar-refractivity contribution in [3.8, 4) is 0 Å². The standard InChI is InChI=1S/C13H17ClO/c14-9-4-10-15-13-8-3-6-11-5-1-2-7-12(11)13/h1-2,5,7,13H,3-4,6,8-10H2. The van der Waals surface area contributed by atoms with Crippen molar-refractivity contribution in [3.63, 3.8) is 0 Å². The van der Waals surface area contributed by atoms with Crippen LogP contribution in [0.5, 0.6) is 0 Å². The van der Waals surface area contributed by atoms with Gasteiger partial charge in [0.2, 0.25) is 0 Å². The fourth-order valence-electron chi connectivity index (χ4n) is 2.16. The number of ether oxygens (including phenoxy) is 1. The van der Waals surface area contributed by atoms with Gasteiger partial charge in [-0.3, -0.25) is 0 Å². The first-order valence-electron chi connectivity index (χ1n) is 5.67. The van der Waals surface area contributed by atoms with E-state index in [9.17, 15) is 0 Å². The second kappa shape index (κ2) is 5.53. The van der Waals surface area contributed by atoms with Crippen molar-refractivity contribution in [1.82, 2.24) is 0 Å². The van der Waals surface area contributed by atoms with Crippen molar-refractivity contribution in [2.75, 3.05) is 12.5 Å². The summed E-state index contributed by atoms with van der Waals surface area (Å²) in [5, 5.41) is 0. The van der Waals surface area contributed by atoms with Gasteiger partial charge in [-0.15, -0.1) is 11.6 Å². The lowest BCUT2D eigenvalue weighted by molar-refractivity contribution is 0.0415. The predicted octanol–water partition coefficient (Wildman–Crippen LogP) is 3.71. The molecule has 1 atom stereocenters. The van der Waals surface area contributed by atoms with Crippen molar-refractivity contribution in [3.05, 3.63) is 35.4 Å². The van der Waals surface area contributed by atoms with Crippen LogP contribution in [0, 0.1) is 0 Å². The van der Waals surface area contributed by atoms with E-state index >= 15 is 0 Å². The van der Waals surface area contributed by atoms with Crippen molar-refractivity contribution < 1.29 is 4.74 Å². The van der Waals surface area contributed by atoms with Gasteiger partial charge < -0.3 is 4.74 Å². The van der Waals surface area contributed by atoms with Crippen LogP contribution in [0.4, 0.5) is 0 Å². The van der Waals surface area contributed by atoms with Gasteiger partial charge in [0, 0.05) is 12.5 Å². The summed E-state index contributed by atoms with van der Waals surface area (Å²) in [6, 6.07) is 8.62. The largest absolute Gasteiger partial charge is 0.373 e. The van der Waals surface area contributed by atoms with Crippen LogP contribution >= 0.6 is 11.6 Å². The Morgan fingerprint density at radius 3 is 3.07 bits per heavy atom. The Kier molecular flexibility index (Phi) is 4.04. The van der Waals surface area contributed by atoms with Crippen LogP contribution in [0.3, 0.4) is 0 Å². The number of benzene rings is 1. The molecule has 2 heteroatoms. The van der Waals surface area contributed by atoms with Crippen molar-refractivity contribution in [2.24, 2.45) is 0 Å². The molecule has 1 aliphatic carbocycles. The van der Waals surface area contributed by atoms with Crippen LogP contribution < -0.4 is 0 Å². The molecule has 0 saturated heterocycles. The number of hydrogen-bond acceptors (Lipinski definition) is 1. The maximum Gasteiger partial charge on any atom is 0.0827 e. The summed E-state index contributed by atoms with van der Waals surface area (Å²) < 4.78 is 5.87. The summed E-state index contributed by atoms with van der Waals surface area (Å²) in [7, 11) is 0. The van der Waals surface area contributed by atoms with Gasteiger partial charge >= 0.3 is 0 Å². The van der Waals surface area contributed by atoms with Crippen LogP contribution in [-0.2, 0) is 11.2 Å². The van der Waals surface area contributed by atoms with Gasteiger partial charge in [0.15, 0.2) is 0 Å². The lowest BCUT2D eigenvalue weighted by Gasteiger charge is -2.25. The monoisotopic (exact) mass is 224 g/mol. The Bertz CT molecular complexity index is 311. The van der Waals surface area contributed by atoms with Crippen molar-refractivity contribution >= 4 is 11.6 Å². The third kappa shape index (κ3) is 2.73. The molecule has 0 radical (unpaired) electrons. The molecule has 1 aliphatic rings. The molecule has 0 spiro atoms. The van der Waals surface area contributed by atoms with E-state index in [0.717, 1.165) is 19.4 Å². The van der Waals surface area contributed by atoms with E-state index in [1.807, 2.05) is 0 Å². The van der Waals surface area contributed by atoms with Gasteiger partial charge in [-0.25, -0.2) is 0 Å². The van der Waals surface area contributed by atoms with E-state index in [2.05, 4.69) is 24.3 Å². The maximum atomic E-state index is 5.87. The first-order chi connectivity index (χ1) is 7.42. The maximum absolute atomic E-state index is 5.87. The minimum absolute atomic E-state index is 0.304. The summed E-state index contributed by atoms with van der Waals surface area (Å²) in [6.07, 6.45) is 4.84. The lowest BCUT2D eigenvalue weighted by atomic mass is 9.89. The average Bonchev–Trinajstić information content (AvgIpc) is 2.30. The van der Waals surface area contributed by atoms with E-state index in [-0.39, 0.29) is 0 Å². The molecular weight excluding hydrogens is 208 g/mol. The Labute approximate surface area is 96.4 Å². The van der Waals surface area contributed by atoms with E-state index in [1.165, 1.54) is 24.0 Å². The zero-order chi connectivity index (χ0) is 10.5. The molecule has 2 rings (SSSR count). The van der Waals surface area contributed by atoms with Gasteiger partial charge in [0.05, 0.1) is 6.10 Å². The van der Waals surface area contributed by atoms with E-state index in [4.69, 9.17) is 16.3 Å². The van der Waals surface area contributed by atoms with Crippen LogP contribution in [0.25, 0.3) is 0 Å². The third-order valence-electron chi connectivity index (χ3n) is 2.91. The van der Waals surface area contributed by atoms with Gasteiger partial charge in [0.25, 0.3) is 0 Å². The number of rotatable bonds is 4. The minimum atomic E-state index is 0.304. The summed E-state index contributed by atoms with van der Waals surface area (Å²) in [5.41, 5.74) is 2.85. The Balaban J connectivity index is 2.02. The molecule has 0 fully saturated rings. The van der Waals surface area contributed by atoms with Crippen LogP contribution in [-0.4, -0.2) is 12.5 Å². The fourth-order valence-corrected chi connectivity index (χ4v) is 2.27. The number of aryl methyl sites for hydroxylation is 1. The number of halogens is 1. The van der Waals surface area contributed by atoms with Crippen LogP contribution in [0.15, 0.2) is 24.3 Å². The third-order valence-corrected chi connectivity index (χ3v) is 3.18. The molecule has 0 aliphatic heterocycles. The molecule has 0 saturated carbocycles. The van der Waals surface area contributed by atoms with Gasteiger partial charge in [-0.2, -0.15) is 0 Å². The highest BCUT2D eigenvalue weighted by molar-refractivity contribution is 6.17. The summed E-state index contributed by atoms with van der Waals surface area (Å²) in [6.45, 7) is 0.780. The average molecular weight is 225 g/mol. The summed E-state index contributed by atoms with van der Waals surface area (Å²) in [5.74, 6) is 0.689. The minimum Gasteiger partial charge on any atom is -0.373 e. The van der Waals surface area contributed by atoms with Gasteiger partial charge in [0.1, 0.15) is 0 Å². The summed E-state index contributed by atoms with van der Waals surface area (Å²) >= 11 is 5.64. The second-order valence-electron chi connectivity index (χ2n) is 3.99. The van der Waals surface area contributed by atoms with E-state index < -0.39 is 0 Å². The first kappa shape index (κ1) is 11.0. The Morgan fingerprint density at radius 2 is 2.20 bits per heavy atom. The molecule has 1 aromatic rings. The highest BCUT2D eigenvalue weighted by atomic mass is 35.5. The van der Waals surface area contributed by atoms with Gasteiger partial charge in [-0.05, 0) is 36.8 Å². The molecule has 1 unspecified atom stereocenters. The van der Waals surface area contributed by atoms with E-state index in [0.29, 0.717) is 12.0 Å². The number of hydrogen-bond donors (Lipinski definition) is 0. The fraction of sp³-hybridized carbons (Fsp3) is 0.538. The van der Waals surface area contributed by atoms with Crippen molar-refractivity contribution in [2.45, 2.75) is 31.8 Å². The highest BCUT2D eigenvalue weighted by Crippen LogP contribution is 2.32. The molecule has 82 valence electrons. The Morgan fingerprint density at radius 1 is 1.33 bits per heavy atom. The molecule has 15 heavy (non-hydrogen) atoms. The molecular formula is C13H17ClO. The zero-order valence-electron chi connectivity index (χ0n) is 8.92. The highest BCUT2D eigenvalue weighted by Gasteiger charge is 2.19. The molecule has 1 aromatic carbocycles. The number of alkyl halides is 1. The zero-order valence-corrected chi connectivity index (χ0v) is 9.67. The molecule has 0 aromatic heterocycles. The van der Waals surface area contributed by atoms with Gasteiger partial charge in [-0.1, -0.05) is 24.3 Å². The molecule has 0 amide bonds. The number of fused-ring (bicyclic) bond motifs is 1. The lowest BCUT2D eigenvalue weighted by Crippen LogP contribution is -2.13. The van der Waals surface area contributed by atoms with E-state index in [1.54, 1.807) is 0 Å². The molecule has 1 nitrogen and oxygen atoms in total. The first-order valence-corrected chi connectivity index (χ1v) is 6.20. The van der Waals surface area contributed by atoms with Crippen LogP contribution in [0.1, 0.15) is 36.5 Å². The second-order valence-corrected chi connectivity index (χ2v) is 4.37. The SMILES string of the molecule is ClCCCOC1CCCc2ccccc21. The molecule has 0 N–H and O–H groups in total. The molecule has 0 heterocycles. The van der Waals surface area contributed by atoms with Crippen molar-refractivity contribution in [1.29, 1.82) is 0 Å². The quantitative estimate of drug-likeness (QED) is 0.560. The predicted molar refractivity (Wildman–Crippen MR) is 63.4 cm³/mol. The smallest absolute Gasteiger partial charge is 0.0827 e. The molecule has 0 bridgehead atoms.